The molecule has 17 heavy (non-hydrogen) atoms. The largest absolute Gasteiger partial charge is 0.379 e. The number of thiol groups is 1. The van der Waals surface area contributed by atoms with Crippen molar-refractivity contribution in [1.29, 1.82) is 0 Å². The Morgan fingerprint density at radius 1 is 1.24 bits per heavy atom. The fourth-order valence-electron chi connectivity index (χ4n) is 2.34. The average molecular weight is 251 g/mol. The lowest BCUT2D eigenvalue weighted by molar-refractivity contribution is 0.0130. The number of nitrogens with zero attached hydrogens (tertiary/aromatic N) is 1. The lowest BCUT2D eigenvalue weighted by Gasteiger charge is -2.41. The monoisotopic (exact) mass is 251 g/mol. The number of benzene rings is 1. The molecule has 94 valence electrons. The van der Waals surface area contributed by atoms with Gasteiger partial charge in [0.1, 0.15) is 0 Å². The number of hydrogen-bond donors (Lipinski definition) is 1. The van der Waals surface area contributed by atoms with E-state index in [0.717, 1.165) is 26.3 Å². The van der Waals surface area contributed by atoms with Crippen molar-refractivity contribution in [2.24, 2.45) is 0 Å². The Labute approximate surface area is 109 Å². The van der Waals surface area contributed by atoms with Gasteiger partial charge in [-0.3, -0.25) is 4.90 Å². The zero-order valence-electron chi connectivity index (χ0n) is 10.6. The first-order valence-electron chi connectivity index (χ1n) is 6.22. The second-order valence-corrected chi connectivity index (χ2v) is 5.77. The third kappa shape index (κ3) is 2.84. The second kappa shape index (κ2) is 5.42. The summed E-state index contributed by atoms with van der Waals surface area (Å²) in [5.41, 5.74) is 1.28. The number of rotatable bonds is 3. The van der Waals surface area contributed by atoms with Gasteiger partial charge in [-0.05, 0) is 19.4 Å². The minimum absolute atomic E-state index is 0.126. The van der Waals surface area contributed by atoms with Crippen molar-refractivity contribution in [3.05, 3.63) is 35.9 Å². The van der Waals surface area contributed by atoms with Crippen molar-refractivity contribution in [2.75, 3.05) is 26.3 Å². The van der Waals surface area contributed by atoms with E-state index in [-0.39, 0.29) is 4.75 Å². The zero-order chi connectivity index (χ0) is 12.3. The Balaban J connectivity index is 2.14. The van der Waals surface area contributed by atoms with Crippen molar-refractivity contribution in [2.45, 2.75) is 24.6 Å². The predicted molar refractivity (Wildman–Crippen MR) is 74.6 cm³/mol. The molecular formula is C14H21NOS. The van der Waals surface area contributed by atoms with Gasteiger partial charge < -0.3 is 4.74 Å². The summed E-state index contributed by atoms with van der Waals surface area (Å²) in [6.45, 7) is 8.14. The highest BCUT2D eigenvalue weighted by Gasteiger charge is 2.33. The fourth-order valence-corrected chi connectivity index (χ4v) is 2.65. The van der Waals surface area contributed by atoms with Crippen LogP contribution in [0.2, 0.25) is 0 Å². The minimum Gasteiger partial charge on any atom is -0.379 e. The third-order valence-corrected chi connectivity index (χ3v) is 4.40. The van der Waals surface area contributed by atoms with E-state index >= 15 is 0 Å². The highest BCUT2D eigenvalue weighted by molar-refractivity contribution is 7.81. The Kier molecular flexibility index (Phi) is 4.13. The van der Waals surface area contributed by atoms with Crippen LogP contribution in [0.1, 0.15) is 19.4 Å². The molecule has 1 aromatic rings. The van der Waals surface area contributed by atoms with Crippen LogP contribution in [0.4, 0.5) is 0 Å². The summed E-state index contributed by atoms with van der Waals surface area (Å²) in [6, 6.07) is 10.9. The summed E-state index contributed by atoms with van der Waals surface area (Å²) in [7, 11) is 0. The molecule has 0 aliphatic carbocycles. The van der Waals surface area contributed by atoms with Crippen LogP contribution in [0, 0.1) is 0 Å². The molecule has 0 aromatic heterocycles. The minimum atomic E-state index is -0.126. The Morgan fingerprint density at radius 2 is 1.82 bits per heavy atom. The van der Waals surface area contributed by atoms with Gasteiger partial charge >= 0.3 is 0 Å². The zero-order valence-corrected chi connectivity index (χ0v) is 11.5. The lowest BCUT2D eigenvalue weighted by atomic mass is 9.92. The Morgan fingerprint density at radius 3 is 2.41 bits per heavy atom. The maximum absolute atomic E-state index is 5.40. The van der Waals surface area contributed by atoms with E-state index < -0.39 is 0 Å². The van der Waals surface area contributed by atoms with Crippen LogP contribution in [0.15, 0.2) is 30.3 Å². The molecule has 3 heteroatoms. The second-order valence-electron chi connectivity index (χ2n) is 4.84. The van der Waals surface area contributed by atoms with Gasteiger partial charge in [-0.2, -0.15) is 12.6 Å². The lowest BCUT2D eigenvalue weighted by Crippen LogP contribution is -2.49. The molecule has 1 aromatic carbocycles. The quantitative estimate of drug-likeness (QED) is 0.829. The van der Waals surface area contributed by atoms with Gasteiger partial charge in [0.25, 0.3) is 0 Å². The number of ether oxygens (including phenoxy) is 1. The molecule has 1 heterocycles. The molecule has 2 atom stereocenters. The maximum Gasteiger partial charge on any atom is 0.0594 e. The summed E-state index contributed by atoms with van der Waals surface area (Å²) in [5, 5.41) is 0. The van der Waals surface area contributed by atoms with E-state index in [2.05, 4.69) is 43.0 Å². The van der Waals surface area contributed by atoms with Gasteiger partial charge in [0.15, 0.2) is 0 Å². The van der Waals surface area contributed by atoms with Crippen LogP contribution < -0.4 is 0 Å². The molecule has 1 saturated heterocycles. The van der Waals surface area contributed by atoms with E-state index in [0.29, 0.717) is 6.04 Å². The van der Waals surface area contributed by atoms with Gasteiger partial charge in [-0.15, -0.1) is 0 Å². The molecule has 2 nitrogen and oxygen atoms in total. The highest BCUT2D eigenvalue weighted by Crippen LogP contribution is 2.34. The molecule has 0 radical (unpaired) electrons. The fraction of sp³-hybridized carbons (Fsp3) is 0.571. The molecule has 1 aliphatic heterocycles. The topological polar surface area (TPSA) is 12.5 Å². The molecule has 0 N–H and O–H groups in total. The van der Waals surface area contributed by atoms with Crippen LogP contribution in [-0.4, -0.2) is 37.2 Å². The van der Waals surface area contributed by atoms with E-state index in [9.17, 15) is 0 Å². The number of hydrogen-bond acceptors (Lipinski definition) is 3. The summed E-state index contributed by atoms with van der Waals surface area (Å²) in [5.74, 6) is 0. The number of morpholine rings is 1. The van der Waals surface area contributed by atoms with Crippen molar-refractivity contribution >= 4 is 12.6 Å². The smallest absolute Gasteiger partial charge is 0.0594 e. The summed E-state index contributed by atoms with van der Waals surface area (Å²) >= 11 is 4.90. The van der Waals surface area contributed by atoms with E-state index in [1.165, 1.54) is 5.56 Å². The van der Waals surface area contributed by atoms with Crippen LogP contribution in [-0.2, 0) is 9.48 Å². The molecule has 0 amide bonds. The van der Waals surface area contributed by atoms with Crippen molar-refractivity contribution < 1.29 is 4.74 Å². The maximum atomic E-state index is 5.40. The third-order valence-electron chi connectivity index (χ3n) is 3.77. The van der Waals surface area contributed by atoms with E-state index in [4.69, 9.17) is 17.4 Å². The normalized spacial score (nSPS) is 23.0. The average Bonchev–Trinajstić information content (AvgIpc) is 2.40. The molecule has 0 bridgehead atoms. The summed E-state index contributed by atoms with van der Waals surface area (Å²) in [4.78, 5) is 2.46. The molecular weight excluding hydrogens is 230 g/mol. The van der Waals surface area contributed by atoms with Crippen molar-refractivity contribution in [1.82, 2.24) is 4.90 Å². The first kappa shape index (κ1) is 12.9. The molecule has 0 spiro atoms. The van der Waals surface area contributed by atoms with Gasteiger partial charge in [0.2, 0.25) is 0 Å². The first-order valence-corrected chi connectivity index (χ1v) is 6.67. The Bertz CT molecular complexity index is 346. The van der Waals surface area contributed by atoms with Crippen LogP contribution >= 0.6 is 12.6 Å². The van der Waals surface area contributed by atoms with Crippen LogP contribution in [0.5, 0.6) is 0 Å². The van der Waals surface area contributed by atoms with Crippen molar-refractivity contribution in [3.63, 3.8) is 0 Å². The standard InChI is InChI=1S/C14H21NOS/c1-12(15-8-10-16-11-9-15)14(2,17)13-6-4-3-5-7-13/h3-7,12,17H,8-11H2,1-2H3. The molecule has 2 unspecified atom stereocenters. The first-order chi connectivity index (χ1) is 8.12. The van der Waals surface area contributed by atoms with Gasteiger partial charge in [0, 0.05) is 19.1 Å². The van der Waals surface area contributed by atoms with E-state index in [1.807, 2.05) is 6.07 Å². The summed E-state index contributed by atoms with van der Waals surface area (Å²) in [6.07, 6.45) is 0. The van der Waals surface area contributed by atoms with Crippen molar-refractivity contribution in [3.8, 4) is 0 Å². The molecule has 0 saturated carbocycles. The molecule has 1 fully saturated rings. The van der Waals surface area contributed by atoms with Gasteiger partial charge in [-0.25, -0.2) is 0 Å². The van der Waals surface area contributed by atoms with Crippen LogP contribution in [0.3, 0.4) is 0 Å². The van der Waals surface area contributed by atoms with Crippen LogP contribution in [0.25, 0.3) is 0 Å². The highest BCUT2D eigenvalue weighted by atomic mass is 32.1. The van der Waals surface area contributed by atoms with Gasteiger partial charge in [0.05, 0.1) is 18.0 Å². The Hall–Kier alpha value is -0.510. The molecule has 1 aliphatic rings. The van der Waals surface area contributed by atoms with Gasteiger partial charge in [-0.1, -0.05) is 30.3 Å². The molecule has 2 rings (SSSR count). The van der Waals surface area contributed by atoms with E-state index in [1.54, 1.807) is 0 Å². The summed E-state index contributed by atoms with van der Waals surface area (Å²) < 4.78 is 5.28. The SMILES string of the molecule is CC(N1CCOCC1)C(C)(S)c1ccccc1. The predicted octanol–water partition coefficient (Wildman–Crippen LogP) is 2.55.